The van der Waals surface area contributed by atoms with Gasteiger partial charge in [-0.3, -0.25) is 4.79 Å². The fourth-order valence-electron chi connectivity index (χ4n) is 7.58. The van der Waals surface area contributed by atoms with Crippen molar-refractivity contribution in [3.05, 3.63) is 0 Å². The first kappa shape index (κ1) is 38.4. The Labute approximate surface area is 273 Å². The van der Waals surface area contributed by atoms with Gasteiger partial charge in [0, 0.05) is 6.42 Å². The normalized spacial score (nSPS) is 28.8. The van der Waals surface area contributed by atoms with E-state index in [1.807, 2.05) is 0 Å². The zero-order chi connectivity index (χ0) is 32.4. The first-order chi connectivity index (χ1) is 21.8. The van der Waals surface area contributed by atoms with Gasteiger partial charge in [0.1, 0.15) is 11.9 Å². The summed E-state index contributed by atoms with van der Waals surface area (Å²) in [5.41, 5.74) is 0. The van der Waals surface area contributed by atoms with Crippen molar-refractivity contribution in [2.45, 2.75) is 217 Å². The van der Waals surface area contributed by atoms with Crippen LogP contribution < -0.4 is 0 Å². The van der Waals surface area contributed by atoms with Crippen LogP contribution in [0.3, 0.4) is 0 Å². The second-order valence-corrected chi connectivity index (χ2v) is 14.5. The molecule has 0 aromatic carbocycles. The summed E-state index contributed by atoms with van der Waals surface area (Å²) in [4.78, 5) is 23.1. The highest BCUT2D eigenvalue weighted by Gasteiger charge is 2.40. The summed E-state index contributed by atoms with van der Waals surface area (Å²) in [6, 6.07) is 0. The van der Waals surface area contributed by atoms with Gasteiger partial charge >= 0.3 is 5.97 Å². The van der Waals surface area contributed by atoms with Crippen molar-refractivity contribution in [3.63, 3.8) is 0 Å². The van der Waals surface area contributed by atoms with E-state index < -0.39 is 12.2 Å². The smallest absolute Gasteiger partial charge is 0.309 e. The second kappa shape index (κ2) is 21.7. The first-order valence-electron chi connectivity index (χ1n) is 18.8. The zero-order valence-corrected chi connectivity index (χ0v) is 28.5. The van der Waals surface area contributed by atoms with Gasteiger partial charge in [0.15, 0.2) is 0 Å². The topological polar surface area (TPSA) is 123 Å². The van der Waals surface area contributed by atoms with Crippen LogP contribution in [0.4, 0.5) is 0 Å². The Bertz CT molecular complexity index is 820. The Hall–Kier alpha value is -1.06. The lowest BCUT2D eigenvalue weighted by molar-refractivity contribution is -0.145. The van der Waals surface area contributed by atoms with Crippen molar-refractivity contribution in [2.24, 2.45) is 5.92 Å². The number of carbonyl (C=O) groups excluding carboxylic acids is 2. The lowest BCUT2D eigenvalue weighted by Gasteiger charge is -2.24. The van der Waals surface area contributed by atoms with Crippen LogP contribution in [-0.4, -0.2) is 75.9 Å². The number of aliphatic hydroxyl groups is 3. The van der Waals surface area contributed by atoms with E-state index in [1.54, 1.807) is 0 Å². The molecule has 0 bridgehead atoms. The quantitative estimate of drug-likeness (QED) is 0.0714. The Balaban J connectivity index is 1.14. The van der Waals surface area contributed by atoms with Gasteiger partial charge in [0.2, 0.25) is 0 Å². The van der Waals surface area contributed by atoms with Crippen LogP contribution in [0.1, 0.15) is 168 Å². The maximum absolute atomic E-state index is 11.9. The van der Waals surface area contributed by atoms with E-state index in [4.69, 9.17) is 14.2 Å². The number of carbonyl (C=O) groups is 2. The average molecular weight is 639 g/mol. The van der Waals surface area contributed by atoms with Crippen molar-refractivity contribution in [1.29, 1.82) is 0 Å². The SMILES string of the molecule is CCCCCC[C@H](O)CCC[C@H](O)[C@@H]1CC[C@@H]([C@@H]2CC[C@@H]([C@H](O)CCCCCCCCCC[C@@H]3C[C@H](CC(C)=O)C(=O)O3)O2)O1. The number of aliphatic hydroxyl groups excluding tert-OH is 3. The Morgan fingerprint density at radius 2 is 1.22 bits per heavy atom. The Morgan fingerprint density at radius 1 is 0.711 bits per heavy atom. The number of Topliss-reactive ketones (excluding diaryl/α,β-unsaturated/α-hetero) is 1. The van der Waals surface area contributed by atoms with Gasteiger partial charge in [-0.1, -0.05) is 77.6 Å². The predicted octanol–water partition coefficient (Wildman–Crippen LogP) is 7.12. The number of esters is 1. The molecule has 9 atom stereocenters. The second-order valence-electron chi connectivity index (χ2n) is 14.5. The molecule has 3 aliphatic rings. The molecule has 8 heteroatoms. The summed E-state index contributed by atoms with van der Waals surface area (Å²) in [5, 5.41) is 31.7. The van der Waals surface area contributed by atoms with Crippen molar-refractivity contribution in [1.82, 2.24) is 0 Å². The number of rotatable bonds is 25. The summed E-state index contributed by atoms with van der Waals surface area (Å²) < 4.78 is 17.9. The van der Waals surface area contributed by atoms with Gasteiger partial charge in [-0.15, -0.1) is 0 Å². The van der Waals surface area contributed by atoms with Crippen LogP contribution in [0.25, 0.3) is 0 Å². The number of hydrogen-bond acceptors (Lipinski definition) is 8. The number of ether oxygens (including phenoxy) is 3. The van der Waals surface area contributed by atoms with E-state index >= 15 is 0 Å². The molecule has 0 aromatic rings. The molecule has 3 heterocycles. The highest BCUT2D eigenvalue weighted by molar-refractivity contribution is 5.83. The van der Waals surface area contributed by atoms with Crippen molar-refractivity contribution < 1.29 is 39.1 Å². The van der Waals surface area contributed by atoms with Crippen LogP contribution in [0, 0.1) is 5.92 Å². The molecule has 0 spiro atoms. The fourth-order valence-corrected chi connectivity index (χ4v) is 7.58. The number of cyclic esters (lactones) is 1. The zero-order valence-electron chi connectivity index (χ0n) is 28.5. The summed E-state index contributed by atoms with van der Waals surface area (Å²) in [6.45, 7) is 3.73. The molecule has 0 aliphatic carbocycles. The van der Waals surface area contributed by atoms with Gasteiger partial charge in [0.05, 0.1) is 48.6 Å². The summed E-state index contributed by atoms with van der Waals surface area (Å²) in [5.74, 6) is -0.366. The number of ketones is 1. The average Bonchev–Trinajstić information content (AvgIpc) is 3.76. The molecule has 3 rings (SSSR count). The van der Waals surface area contributed by atoms with Crippen molar-refractivity contribution in [3.8, 4) is 0 Å². The Morgan fingerprint density at radius 3 is 1.82 bits per heavy atom. The minimum absolute atomic E-state index is 0.00262. The fraction of sp³-hybridized carbons (Fsp3) is 0.946. The Kier molecular flexibility index (Phi) is 18.5. The van der Waals surface area contributed by atoms with Crippen LogP contribution in [0.5, 0.6) is 0 Å². The number of hydrogen-bond donors (Lipinski definition) is 3. The standard InChI is InChI=1S/C37H66O8/c1-3-4-5-12-16-29(39)17-15-20-32(41)34-22-24-36(45-34)35-23-21-33(44-35)31(40)19-14-11-9-7-6-8-10-13-18-30-26-28(25-27(2)38)37(42)43-30/h28-36,39-41H,3-26H2,1-2H3/t28-,29-,30+,31+,32-,33-,34-,35-,36-/m0/s1. The minimum atomic E-state index is -0.490. The third kappa shape index (κ3) is 14.7. The van der Waals surface area contributed by atoms with Gasteiger partial charge in [0.25, 0.3) is 0 Å². The highest BCUT2D eigenvalue weighted by Crippen LogP contribution is 2.35. The van der Waals surface area contributed by atoms with Crippen LogP contribution >= 0.6 is 0 Å². The first-order valence-corrected chi connectivity index (χ1v) is 18.8. The molecular formula is C37H66O8. The van der Waals surface area contributed by atoms with Crippen LogP contribution in [-0.2, 0) is 23.8 Å². The van der Waals surface area contributed by atoms with Crippen LogP contribution in [0.15, 0.2) is 0 Å². The molecule has 3 aliphatic heterocycles. The third-order valence-electron chi connectivity index (χ3n) is 10.3. The molecule has 3 fully saturated rings. The van der Waals surface area contributed by atoms with E-state index in [9.17, 15) is 24.9 Å². The molecular weight excluding hydrogens is 572 g/mol. The molecule has 8 nitrogen and oxygen atoms in total. The molecule has 0 amide bonds. The molecule has 3 N–H and O–H groups in total. The van der Waals surface area contributed by atoms with Crippen molar-refractivity contribution in [2.75, 3.05) is 0 Å². The molecule has 262 valence electrons. The van der Waals surface area contributed by atoms with E-state index in [1.165, 1.54) is 51.9 Å². The third-order valence-corrected chi connectivity index (χ3v) is 10.3. The maximum atomic E-state index is 11.9. The minimum Gasteiger partial charge on any atom is -0.462 e. The van der Waals surface area contributed by atoms with E-state index in [2.05, 4.69) is 6.92 Å². The molecule has 0 unspecified atom stereocenters. The largest absolute Gasteiger partial charge is 0.462 e. The molecule has 0 saturated carbocycles. The van der Waals surface area contributed by atoms with Gasteiger partial charge < -0.3 is 34.3 Å². The van der Waals surface area contributed by atoms with Gasteiger partial charge in [-0.2, -0.15) is 0 Å². The lowest BCUT2D eigenvalue weighted by atomic mass is 9.96. The maximum Gasteiger partial charge on any atom is 0.309 e. The van der Waals surface area contributed by atoms with Crippen LogP contribution in [0.2, 0.25) is 0 Å². The summed E-state index contributed by atoms with van der Waals surface area (Å²) in [7, 11) is 0. The summed E-state index contributed by atoms with van der Waals surface area (Å²) >= 11 is 0. The number of unbranched alkanes of at least 4 members (excludes halogenated alkanes) is 10. The van der Waals surface area contributed by atoms with E-state index in [0.717, 1.165) is 89.9 Å². The van der Waals surface area contributed by atoms with Crippen molar-refractivity contribution >= 4 is 11.8 Å². The molecule has 45 heavy (non-hydrogen) atoms. The molecule has 0 aromatic heterocycles. The molecule has 3 saturated heterocycles. The highest BCUT2D eigenvalue weighted by atomic mass is 16.6. The monoisotopic (exact) mass is 638 g/mol. The van der Waals surface area contributed by atoms with Gasteiger partial charge in [-0.25, -0.2) is 0 Å². The predicted molar refractivity (Wildman–Crippen MR) is 176 cm³/mol. The lowest BCUT2D eigenvalue weighted by Crippen LogP contribution is -2.33. The van der Waals surface area contributed by atoms with Gasteiger partial charge in [-0.05, 0) is 84.0 Å². The van der Waals surface area contributed by atoms with E-state index in [0.29, 0.717) is 19.3 Å². The summed E-state index contributed by atoms with van der Waals surface area (Å²) in [6.07, 6.45) is 21.7. The van der Waals surface area contributed by atoms with E-state index in [-0.39, 0.29) is 54.3 Å². The molecule has 0 radical (unpaired) electrons.